The number of nitrogens with zero attached hydrogens (tertiary/aromatic N) is 1. The number of benzene rings is 1. The van der Waals surface area contributed by atoms with E-state index in [9.17, 15) is 4.79 Å². The van der Waals surface area contributed by atoms with Crippen LogP contribution in [0.4, 0.5) is 5.69 Å². The minimum Gasteiger partial charge on any atom is -0.398 e. The van der Waals surface area contributed by atoms with E-state index >= 15 is 0 Å². The van der Waals surface area contributed by atoms with Gasteiger partial charge in [-0.15, -0.1) is 0 Å². The van der Waals surface area contributed by atoms with Gasteiger partial charge in [0.25, 0.3) is 0 Å². The summed E-state index contributed by atoms with van der Waals surface area (Å²) in [6.45, 7) is 0. The van der Waals surface area contributed by atoms with E-state index in [1.807, 2.05) is 24.3 Å². The maximum Gasteiger partial charge on any atom is 0.133 e. The summed E-state index contributed by atoms with van der Waals surface area (Å²) in [5.74, 6) is 1.17. The lowest BCUT2D eigenvalue weighted by molar-refractivity contribution is -0.122. The van der Waals surface area contributed by atoms with Gasteiger partial charge in [-0.1, -0.05) is 18.2 Å². The molecule has 0 unspecified atom stereocenters. The fourth-order valence-corrected chi connectivity index (χ4v) is 3.81. The van der Waals surface area contributed by atoms with Gasteiger partial charge < -0.3 is 5.73 Å². The lowest BCUT2D eigenvalue weighted by atomic mass is 9.69. The van der Waals surface area contributed by atoms with Crippen LogP contribution in [0.5, 0.6) is 0 Å². The molecule has 2 bridgehead atoms. The zero-order valence-electron chi connectivity index (χ0n) is 10.7. The Morgan fingerprint density at radius 3 is 2.89 bits per heavy atom. The van der Waals surface area contributed by atoms with Crippen molar-refractivity contribution >= 4 is 22.4 Å². The Morgan fingerprint density at radius 2 is 2.00 bits per heavy atom. The van der Waals surface area contributed by atoms with Crippen molar-refractivity contribution < 1.29 is 4.79 Å². The molecule has 2 atom stereocenters. The molecule has 1 saturated carbocycles. The van der Waals surface area contributed by atoms with E-state index < -0.39 is 0 Å². The second kappa shape index (κ2) is 3.80. The molecular formula is C16H16N2O. The second-order valence-electron chi connectivity index (χ2n) is 5.85. The molecule has 0 spiro atoms. The van der Waals surface area contributed by atoms with Crippen LogP contribution in [0.1, 0.15) is 36.4 Å². The van der Waals surface area contributed by atoms with Crippen LogP contribution in [-0.4, -0.2) is 10.8 Å². The molecular weight excluding hydrogens is 236 g/mol. The quantitative estimate of drug-likeness (QED) is 0.784. The van der Waals surface area contributed by atoms with Crippen LogP contribution in [0.15, 0.2) is 24.3 Å². The van der Waals surface area contributed by atoms with Crippen molar-refractivity contribution in [3.8, 4) is 0 Å². The van der Waals surface area contributed by atoms with E-state index in [0.29, 0.717) is 24.0 Å². The number of hydrogen-bond donors (Lipinski definition) is 1. The molecule has 2 aliphatic rings. The molecule has 96 valence electrons. The van der Waals surface area contributed by atoms with Crippen molar-refractivity contribution in [2.24, 2.45) is 5.92 Å². The van der Waals surface area contributed by atoms with Crippen LogP contribution >= 0.6 is 0 Å². The van der Waals surface area contributed by atoms with Crippen molar-refractivity contribution in [1.29, 1.82) is 0 Å². The van der Waals surface area contributed by atoms with Gasteiger partial charge in [0.15, 0.2) is 0 Å². The molecule has 1 aromatic carbocycles. The van der Waals surface area contributed by atoms with Crippen LogP contribution in [0.25, 0.3) is 10.9 Å². The number of aromatic nitrogens is 1. The summed E-state index contributed by atoms with van der Waals surface area (Å²) in [5, 5.41) is 1.03. The predicted octanol–water partition coefficient (Wildman–Crippen LogP) is 2.83. The van der Waals surface area contributed by atoms with E-state index in [-0.39, 0.29) is 0 Å². The number of hydrogen-bond acceptors (Lipinski definition) is 3. The smallest absolute Gasteiger partial charge is 0.133 e. The molecule has 19 heavy (non-hydrogen) atoms. The van der Waals surface area contributed by atoms with E-state index in [1.54, 1.807) is 0 Å². The topological polar surface area (TPSA) is 56.0 Å². The first-order valence-electron chi connectivity index (χ1n) is 6.91. The Kier molecular flexibility index (Phi) is 2.19. The highest BCUT2D eigenvalue weighted by atomic mass is 16.1. The van der Waals surface area contributed by atoms with E-state index in [4.69, 9.17) is 10.7 Å². The SMILES string of the molecule is Nc1c2c(nc3ccccc13)C[C@@H]1CC(=O)C[C@H]2C1. The normalized spacial score (nSPS) is 25.4. The maximum atomic E-state index is 11.8. The molecule has 1 heterocycles. The third-order valence-electron chi connectivity index (χ3n) is 4.55. The third kappa shape index (κ3) is 1.57. The average Bonchev–Trinajstić information content (AvgIpc) is 2.37. The van der Waals surface area contributed by atoms with Crippen LogP contribution < -0.4 is 5.73 Å². The lowest BCUT2D eigenvalue weighted by Gasteiger charge is -2.35. The summed E-state index contributed by atoms with van der Waals surface area (Å²) >= 11 is 0. The van der Waals surface area contributed by atoms with Crippen LogP contribution in [0.3, 0.4) is 0 Å². The Bertz CT molecular complexity index is 692. The molecule has 0 saturated heterocycles. The van der Waals surface area contributed by atoms with Gasteiger partial charge in [0.05, 0.1) is 5.52 Å². The molecule has 0 amide bonds. The summed E-state index contributed by atoms with van der Waals surface area (Å²) in [5.41, 5.74) is 10.5. The monoisotopic (exact) mass is 252 g/mol. The molecule has 4 rings (SSSR count). The number of nitrogens with two attached hydrogens (primary N) is 1. The standard InChI is InChI=1S/C16H16N2O/c17-16-12-3-1-2-4-13(12)18-14-7-9-5-10(15(14)16)8-11(19)6-9/h1-4,9-10H,5-8H2,(H2,17,18)/t9-,10+/m0/s1. The Balaban J connectivity index is 1.98. The highest BCUT2D eigenvalue weighted by molar-refractivity contribution is 5.93. The Morgan fingerprint density at radius 1 is 1.16 bits per heavy atom. The first-order chi connectivity index (χ1) is 9.22. The molecule has 1 aromatic heterocycles. The van der Waals surface area contributed by atoms with Gasteiger partial charge in [-0.25, -0.2) is 0 Å². The molecule has 2 N–H and O–H groups in total. The molecule has 2 aromatic rings. The van der Waals surface area contributed by atoms with Gasteiger partial charge in [0, 0.05) is 35.2 Å². The number of pyridine rings is 1. The fourth-order valence-electron chi connectivity index (χ4n) is 3.81. The van der Waals surface area contributed by atoms with Crippen LogP contribution in [-0.2, 0) is 11.2 Å². The summed E-state index contributed by atoms with van der Waals surface area (Å²) in [6, 6.07) is 8.02. The van der Waals surface area contributed by atoms with Crippen molar-refractivity contribution in [2.45, 2.75) is 31.6 Å². The third-order valence-corrected chi connectivity index (χ3v) is 4.55. The number of Topliss-reactive ketones (excluding diaryl/α,β-unsaturated/α-hetero) is 1. The minimum atomic E-state index is 0.298. The number of carbonyl (C=O) groups is 1. The first kappa shape index (κ1) is 11.0. The number of nitrogen functional groups attached to an aromatic ring is 1. The lowest BCUT2D eigenvalue weighted by Crippen LogP contribution is -2.29. The van der Waals surface area contributed by atoms with Crippen LogP contribution in [0, 0.1) is 5.92 Å². The molecule has 1 fully saturated rings. The van der Waals surface area contributed by atoms with Gasteiger partial charge in [-0.2, -0.15) is 0 Å². The Labute approximate surface area is 111 Å². The van der Waals surface area contributed by atoms with Gasteiger partial charge in [0.1, 0.15) is 5.78 Å². The summed E-state index contributed by atoms with van der Waals surface area (Å²) in [7, 11) is 0. The number of rotatable bonds is 0. The first-order valence-corrected chi connectivity index (χ1v) is 6.91. The molecule has 3 nitrogen and oxygen atoms in total. The Hall–Kier alpha value is -1.90. The van der Waals surface area contributed by atoms with Gasteiger partial charge in [-0.3, -0.25) is 9.78 Å². The molecule has 0 aliphatic heterocycles. The number of carbonyl (C=O) groups excluding carboxylic acids is 1. The van der Waals surface area contributed by atoms with E-state index in [0.717, 1.165) is 47.1 Å². The van der Waals surface area contributed by atoms with Crippen LogP contribution in [0.2, 0.25) is 0 Å². The van der Waals surface area contributed by atoms with Crippen molar-refractivity contribution in [1.82, 2.24) is 4.98 Å². The van der Waals surface area contributed by atoms with E-state index in [1.165, 1.54) is 0 Å². The summed E-state index contributed by atoms with van der Waals surface area (Å²) in [6.07, 6.45) is 3.38. The number of fused-ring (bicyclic) bond motifs is 5. The molecule has 0 radical (unpaired) electrons. The zero-order valence-corrected chi connectivity index (χ0v) is 10.7. The average molecular weight is 252 g/mol. The second-order valence-corrected chi connectivity index (χ2v) is 5.85. The largest absolute Gasteiger partial charge is 0.398 e. The number of anilines is 1. The maximum absolute atomic E-state index is 11.8. The molecule has 3 heteroatoms. The summed E-state index contributed by atoms with van der Waals surface area (Å²) in [4.78, 5) is 16.6. The van der Waals surface area contributed by atoms with E-state index in [2.05, 4.69) is 0 Å². The highest BCUT2D eigenvalue weighted by Gasteiger charge is 2.36. The van der Waals surface area contributed by atoms with Crippen molar-refractivity contribution in [3.05, 3.63) is 35.5 Å². The highest BCUT2D eigenvalue weighted by Crippen LogP contribution is 2.45. The summed E-state index contributed by atoms with van der Waals surface area (Å²) < 4.78 is 0. The molecule has 2 aliphatic carbocycles. The van der Waals surface area contributed by atoms with Gasteiger partial charge in [0.2, 0.25) is 0 Å². The van der Waals surface area contributed by atoms with Gasteiger partial charge >= 0.3 is 0 Å². The zero-order chi connectivity index (χ0) is 13.0. The minimum absolute atomic E-state index is 0.298. The number of ketones is 1. The fraction of sp³-hybridized carbons (Fsp3) is 0.375. The number of para-hydroxylation sites is 1. The van der Waals surface area contributed by atoms with Crippen molar-refractivity contribution in [2.75, 3.05) is 5.73 Å². The van der Waals surface area contributed by atoms with Gasteiger partial charge in [-0.05, 0) is 30.7 Å². The van der Waals surface area contributed by atoms with Crippen molar-refractivity contribution in [3.63, 3.8) is 0 Å². The predicted molar refractivity (Wildman–Crippen MR) is 74.9 cm³/mol.